The minimum Gasteiger partial charge on any atom is -0.508 e. The lowest BCUT2D eigenvalue weighted by atomic mass is 9.98. The number of aromatic hydroxyl groups is 4. The van der Waals surface area contributed by atoms with E-state index in [0.29, 0.717) is 5.56 Å². The van der Waals surface area contributed by atoms with Crippen LogP contribution in [0.2, 0.25) is 0 Å². The van der Waals surface area contributed by atoms with Gasteiger partial charge in [-0.25, -0.2) is 4.79 Å². The summed E-state index contributed by atoms with van der Waals surface area (Å²) in [7, 11) is 0. The monoisotopic (exact) mass is 758 g/mol. The largest absolute Gasteiger partial charge is 0.508 e. The number of esters is 1. The molecule has 2 fully saturated rings. The van der Waals surface area contributed by atoms with Gasteiger partial charge in [0.25, 0.3) is 0 Å². The number of carbonyl (C=O) groups excluding carboxylic acids is 1. The van der Waals surface area contributed by atoms with Gasteiger partial charge in [-0.1, -0.05) is 18.2 Å². The molecule has 0 aliphatic carbocycles. The lowest BCUT2D eigenvalue weighted by molar-refractivity contribution is -0.294. The number of carbonyl (C=O) groups is 1. The van der Waals surface area contributed by atoms with Crippen molar-refractivity contribution >= 4 is 18.1 Å². The van der Waals surface area contributed by atoms with Crippen LogP contribution < -0.4 is 9.47 Å². The van der Waals surface area contributed by atoms with Crippen molar-refractivity contribution in [3.05, 3.63) is 83.1 Å². The molecule has 0 spiro atoms. The average molecular weight is 759 g/mol. The first-order valence-electron chi connectivity index (χ1n) is 16.5. The van der Waals surface area contributed by atoms with Crippen molar-refractivity contribution in [1.29, 1.82) is 0 Å². The van der Waals surface area contributed by atoms with Gasteiger partial charge in [-0.05, 0) is 42.0 Å². The van der Waals surface area contributed by atoms with Crippen LogP contribution in [0.15, 0.2) is 66.4 Å². The fourth-order valence-electron chi connectivity index (χ4n) is 5.90. The summed E-state index contributed by atoms with van der Waals surface area (Å²) in [6, 6.07) is 12.0. The van der Waals surface area contributed by atoms with Crippen LogP contribution in [-0.2, 0) is 23.7 Å². The highest BCUT2D eigenvalue weighted by atomic mass is 16.7. The van der Waals surface area contributed by atoms with Gasteiger partial charge in [-0.2, -0.15) is 0 Å². The molecule has 11 unspecified atom stereocenters. The molecule has 6 rings (SSSR count). The van der Waals surface area contributed by atoms with Gasteiger partial charge in [0.2, 0.25) is 12.6 Å². The Hall–Kier alpha value is -5.15. The van der Waals surface area contributed by atoms with E-state index in [2.05, 4.69) is 0 Å². The van der Waals surface area contributed by atoms with Gasteiger partial charge in [0, 0.05) is 23.8 Å². The van der Waals surface area contributed by atoms with Crippen LogP contribution in [0.4, 0.5) is 0 Å². The Morgan fingerprint density at radius 3 is 2.04 bits per heavy atom. The normalized spacial score (nSPS) is 30.9. The third-order valence-electron chi connectivity index (χ3n) is 8.89. The number of hydrogen-bond donors (Lipinski definition) is 11. The summed E-state index contributed by atoms with van der Waals surface area (Å²) in [5.74, 6) is -2.23. The van der Waals surface area contributed by atoms with Crippen LogP contribution in [0.3, 0.4) is 0 Å². The molecule has 3 heterocycles. The Morgan fingerprint density at radius 1 is 0.704 bits per heavy atom. The van der Waals surface area contributed by atoms with Gasteiger partial charge < -0.3 is 84.6 Å². The molecular weight excluding hydrogens is 720 g/mol. The second kappa shape index (κ2) is 16.1. The van der Waals surface area contributed by atoms with E-state index >= 15 is 0 Å². The molecule has 0 saturated carbocycles. The zero-order valence-electron chi connectivity index (χ0n) is 28.0. The minimum absolute atomic E-state index is 0.0377. The molecule has 0 aromatic heterocycles. The zero-order valence-corrected chi connectivity index (χ0v) is 28.0. The number of hydrogen-bond acceptors (Lipinski definition) is 18. The summed E-state index contributed by atoms with van der Waals surface area (Å²) in [5, 5.41) is 112. The van der Waals surface area contributed by atoms with E-state index < -0.39 is 92.4 Å². The van der Waals surface area contributed by atoms with Crippen LogP contribution in [0, 0.1) is 0 Å². The van der Waals surface area contributed by atoms with Gasteiger partial charge in [-0.15, -0.1) is 0 Å². The first-order valence-corrected chi connectivity index (χ1v) is 16.5. The lowest BCUT2D eigenvalue weighted by Crippen LogP contribution is -2.60. The van der Waals surface area contributed by atoms with E-state index in [-0.39, 0.29) is 45.6 Å². The molecule has 3 aromatic rings. The van der Waals surface area contributed by atoms with Crippen LogP contribution in [0.1, 0.15) is 22.8 Å². The molecule has 11 N–H and O–H groups in total. The molecule has 11 atom stereocenters. The topological polar surface area (TPSA) is 295 Å². The second-order valence-electron chi connectivity index (χ2n) is 12.7. The molecular formula is C36H38O18. The number of phenols is 4. The smallest absolute Gasteiger partial charge is 0.330 e. The predicted molar refractivity (Wildman–Crippen MR) is 179 cm³/mol. The summed E-state index contributed by atoms with van der Waals surface area (Å²) >= 11 is 0. The number of aliphatic hydroxyl groups excluding tert-OH is 7. The standard InChI is InChI=1S/C36H38O18/c37-13-25-28(43)30(45)32(47)35(53-25)51-23-9-15(1-7-20(23)40)2-8-27(42)49-14-26-29(44)31(46)33(48)36(54-26)52-24-12-19-21(41)10-18(39)11-22(19)50-34(24)16-3-5-17(38)6-4-16/h1-12,25-26,28-41,43-48H,13-14H2. The molecule has 18 heteroatoms. The van der Waals surface area contributed by atoms with Crippen molar-refractivity contribution in [2.75, 3.05) is 13.2 Å². The van der Waals surface area contributed by atoms with Crippen LogP contribution in [0.25, 0.3) is 12.2 Å². The molecule has 3 aliphatic rings. The molecule has 3 aliphatic heterocycles. The van der Waals surface area contributed by atoms with Crippen molar-refractivity contribution in [3.63, 3.8) is 0 Å². The van der Waals surface area contributed by atoms with E-state index in [1.54, 1.807) is 0 Å². The van der Waals surface area contributed by atoms with Crippen molar-refractivity contribution in [3.8, 4) is 34.5 Å². The molecule has 0 bridgehead atoms. The Labute approximate surface area is 305 Å². The first-order chi connectivity index (χ1) is 25.7. The molecule has 0 radical (unpaired) electrons. The summed E-state index contributed by atoms with van der Waals surface area (Å²) < 4.78 is 33.7. The average Bonchev–Trinajstić information content (AvgIpc) is 3.15. The quantitative estimate of drug-likeness (QED) is 0.0895. The van der Waals surface area contributed by atoms with Crippen molar-refractivity contribution in [1.82, 2.24) is 0 Å². The highest BCUT2D eigenvalue weighted by Crippen LogP contribution is 2.44. The zero-order chi connectivity index (χ0) is 38.8. The van der Waals surface area contributed by atoms with Crippen LogP contribution in [-0.4, -0.2) is 137 Å². The molecule has 290 valence electrons. The molecule has 3 aromatic carbocycles. The first kappa shape index (κ1) is 38.6. The number of fused-ring (bicyclic) bond motifs is 1. The molecule has 18 nitrogen and oxygen atoms in total. The SMILES string of the molecule is O=C(C=Cc1ccc(O)c(OC2OC(CO)C(O)C(O)C2O)c1)OCC1OC(OC2=Cc3c(O)cc(O)cc3OC2c2ccc(O)cc2)C(O)C(O)C1O. The number of aliphatic hydroxyl groups is 7. The van der Waals surface area contributed by atoms with E-state index in [9.17, 15) is 61.0 Å². The second-order valence-corrected chi connectivity index (χ2v) is 12.7. The highest BCUT2D eigenvalue weighted by Gasteiger charge is 2.47. The predicted octanol–water partition coefficient (Wildman–Crippen LogP) is -0.757. The van der Waals surface area contributed by atoms with E-state index in [1.807, 2.05) is 0 Å². The van der Waals surface area contributed by atoms with Crippen molar-refractivity contribution in [2.45, 2.75) is 67.5 Å². The number of ether oxygens (including phenoxy) is 6. The Kier molecular flexibility index (Phi) is 11.5. The van der Waals surface area contributed by atoms with Crippen molar-refractivity contribution < 1.29 is 89.4 Å². The van der Waals surface area contributed by atoms with Gasteiger partial charge in [0.15, 0.2) is 17.6 Å². The fourth-order valence-corrected chi connectivity index (χ4v) is 5.90. The van der Waals surface area contributed by atoms with Gasteiger partial charge in [0.1, 0.15) is 84.2 Å². The lowest BCUT2D eigenvalue weighted by Gasteiger charge is -2.41. The van der Waals surface area contributed by atoms with E-state index in [0.717, 1.165) is 12.1 Å². The van der Waals surface area contributed by atoms with Crippen LogP contribution >= 0.6 is 0 Å². The van der Waals surface area contributed by atoms with Crippen molar-refractivity contribution in [2.24, 2.45) is 0 Å². The third kappa shape index (κ3) is 8.16. The Bertz CT molecular complexity index is 1860. The van der Waals surface area contributed by atoms with Gasteiger partial charge in [-0.3, -0.25) is 0 Å². The van der Waals surface area contributed by atoms with E-state index in [1.165, 1.54) is 60.7 Å². The number of rotatable bonds is 10. The molecule has 54 heavy (non-hydrogen) atoms. The fraction of sp³-hybridized carbons (Fsp3) is 0.361. The Morgan fingerprint density at radius 2 is 1.35 bits per heavy atom. The summed E-state index contributed by atoms with van der Waals surface area (Å²) in [4.78, 5) is 12.7. The Balaban J connectivity index is 1.12. The maximum absolute atomic E-state index is 12.7. The van der Waals surface area contributed by atoms with E-state index in [4.69, 9.17) is 28.4 Å². The van der Waals surface area contributed by atoms with Gasteiger partial charge in [0.05, 0.1) is 12.2 Å². The van der Waals surface area contributed by atoms with Crippen LogP contribution in [0.5, 0.6) is 34.5 Å². The summed E-state index contributed by atoms with van der Waals surface area (Å²) in [5.41, 5.74) is 0.832. The number of benzene rings is 3. The maximum Gasteiger partial charge on any atom is 0.330 e. The number of phenolic OH excluding ortho intramolecular Hbond substituents is 4. The minimum atomic E-state index is -1.84. The summed E-state index contributed by atoms with van der Waals surface area (Å²) in [6.45, 7) is -1.33. The molecule has 2 saturated heterocycles. The summed E-state index contributed by atoms with van der Waals surface area (Å²) in [6.07, 6.45) is -13.9. The maximum atomic E-state index is 12.7. The third-order valence-corrected chi connectivity index (χ3v) is 8.89. The highest BCUT2D eigenvalue weighted by molar-refractivity contribution is 5.87. The van der Waals surface area contributed by atoms with Gasteiger partial charge >= 0.3 is 5.97 Å². The molecule has 0 amide bonds.